The summed E-state index contributed by atoms with van der Waals surface area (Å²) < 4.78 is 4.96. The van der Waals surface area contributed by atoms with Crippen LogP contribution in [0.2, 0.25) is 0 Å². The van der Waals surface area contributed by atoms with Gasteiger partial charge in [0.15, 0.2) is 6.61 Å². The first kappa shape index (κ1) is 18.5. The number of benzene rings is 1. The number of thiophene rings is 1. The molecule has 1 aliphatic heterocycles. The third kappa shape index (κ3) is 3.92. The van der Waals surface area contributed by atoms with Gasteiger partial charge in [-0.15, -0.1) is 0 Å². The Morgan fingerprint density at radius 1 is 1.15 bits per heavy atom. The Morgan fingerprint density at radius 2 is 1.93 bits per heavy atom. The van der Waals surface area contributed by atoms with E-state index in [-0.39, 0.29) is 15.6 Å². The number of hydrogen-bond donors (Lipinski definition) is 0. The normalized spacial score (nSPS) is 13.0. The minimum absolute atomic E-state index is 0.0316. The van der Waals surface area contributed by atoms with Gasteiger partial charge in [-0.1, -0.05) is 11.3 Å². The minimum Gasteiger partial charge on any atom is -0.451 e. The number of non-ortho nitro benzene ring substituents is 1. The molecule has 0 unspecified atom stereocenters. The van der Waals surface area contributed by atoms with Crippen LogP contribution in [-0.4, -0.2) is 34.9 Å². The number of rotatable bonds is 5. The first-order valence-corrected chi connectivity index (χ1v) is 8.67. The second-order valence-electron chi connectivity index (χ2n) is 5.69. The molecule has 140 valence electrons. The van der Waals surface area contributed by atoms with Crippen LogP contribution < -0.4 is 4.90 Å². The molecular formula is C16H13N3O7S. The van der Waals surface area contributed by atoms with E-state index in [9.17, 15) is 29.8 Å². The summed E-state index contributed by atoms with van der Waals surface area (Å²) in [5.74, 6) is -1.29. The highest BCUT2D eigenvalue weighted by atomic mass is 32.1. The minimum atomic E-state index is -0.817. The van der Waals surface area contributed by atoms with E-state index in [4.69, 9.17) is 4.74 Å². The fourth-order valence-electron chi connectivity index (χ4n) is 2.77. The summed E-state index contributed by atoms with van der Waals surface area (Å²) in [5.41, 5.74) is 1.19. The van der Waals surface area contributed by atoms with E-state index in [1.54, 1.807) is 0 Å². The van der Waals surface area contributed by atoms with Crippen LogP contribution in [-0.2, 0) is 16.0 Å². The van der Waals surface area contributed by atoms with E-state index in [1.165, 1.54) is 35.2 Å². The third-order valence-electron chi connectivity index (χ3n) is 3.99. The lowest BCUT2D eigenvalue weighted by Crippen LogP contribution is -2.38. The fraction of sp³-hybridized carbons (Fsp3) is 0.250. The summed E-state index contributed by atoms with van der Waals surface area (Å²) in [6.45, 7) is -0.118. The number of fused-ring (bicyclic) bond motifs is 1. The van der Waals surface area contributed by atoms with Crippen molar-refractivity contribution in [1.29, 1.82) is 0 Å². The summed E-state index contributed by atoms with van der Waals surface area (Å²) in [4.78, 5) is 46.3. The number of nitro benzene ring substituents is 1. The maximum absolute atomic E-state index is 12.4. The molecule has 0 aliphatic carbocycles. The van der Waals surface area contributed by atoms with Gasteiger partial charge in [-0.2, -0.15) is 0 Å². The molecule has 10 nitrogen and oxygen atoms in total. The van der Waals surface area contributed by atoms with Crippen molar-refractivity contribution in [3.05, 3.63) is 61.0 Å². The summed E-state index contributed by atoms with van der Waals surface area (Å²) in [5, 5.41) is 21.3. The molecule has 27 heavy (non-hydrogen) atoms. The van der Waals surface area contributed by atoms with Crippen LogP contribution in [0.25, 0.3) is 0 Å². The summed E-state index contributed by atoms with van der Waals surface area (Å²) in [7, 11) is 0. The average Bonchev–Trinajstić information content (AvgIpc) is 3.15. The molecule has 11 heteroatoms. The van der Waals surface area contributed by atoms with E-state index < -0.39 is 28.3 Å². The number of amides is 1. The lowest BCUT2D eigenvalue weighted by Gasteiger charge is -2.29. The molecule has 0 radical (unpaired) electrons. The van der Waals surface area contributed by atoms with Gasteiger partial charge in [-0.25, -0.2) is 4.79 Å². The van der Waals surface area contributed by atoms with Crippen LogP contribution in [0, 0.1) is 20.2 Å². The Labute approximate surface area is 156 Å². The zero-order valence-corrected chi connectivity index (χ0v) is 14.6. The zero-order chi connectivity index (χ0) is 19.6. The highest BCUT2D eigenvalue weighted by molar-refractivity contribution is 7.17. The number of nitro groups is 2. The second-order valence-corrected chi connectivity index (χ2v) is 6.75. The van der Waals surface area contributed by atoms with Crippen molar-refractivity contribution in [2.75, 3.05) is 18.1 Å². The zero-order valence-electron chi connectivity index (χ0n) is 13.8. The largest absolute Gasteiger partial charge is 0.451 e. The third-order valence-corrected chi connectivity index (χ3v) is 5.01. The smallest absolute Gasteiger partial charge is 0.349 e. The van der Waals surface area contributed by atoms with Crippen LogP contribution in [0.5, 0.6) is 0 Å². The molecule has 0 N–H and O–H groups in total. The van der Waals surface area contributed by atoms with Crippen LogP contribution >= 0.6 is 11.3 Å². The molecule has 0 atom stereocenters. The van der Waals surface area contributed by atoms with E-state index >= 15 is 0 Å². The molecule has 1 aliphatic rings. The van der Waals surface area contributed by atoms with Crippen LogP contribution in [0.1, 0.15) is 21.7 Å². The number of hydrogen-bond acceptors (Lipinski definition) is 8. The molecule has 2 heterocycles. The number of carbonyl (C=O) groups excluding carboxylic acids is 2. The SMILES string of the molecule is O=C(OCC(=O)N1CCCc2cc([N+](=O)[O-])ccc21)c1ccc([N+](=O)[O-])s1. The van der Waals surface area contributed by atoms with Crippen molar-refractivity contribution < 1.29 is 24.2 Å². The standard InChI is InChI=1S/C16H13N3O7S/c20-14(9-26-16(21)13-5-6-15(27-13)19(24)25)17-7-1-2-10-8-11(18(22)23)3-4-12(10)17/h3-6,8H,1-2,7,9H2. The van der Waals surface area contributed by atoms with E-state index in [0.717, 1.165) is 0 Å². The lowest BCUT2D eigenvalue weighted by molar-refractivity contribution is -0.384. The average molecular weight is 391 g/mol. The maximum Gasteiger partial charge on any atom is 0.349 e. The molecule has 0 bridgehead atoms. The van der Waals surface area contributed by atoms with Gasteiger partial charge >= 0.3 is 11.0 Å². The number of ether oxygens (including phenoxy) is 1. The topological polar surface area (TPSA) is 133 Å². The number of carbonyl (C=O) groups is 2. The Bertz CT molecular complexity index is 940. The highest BCUT2D eigenvalue weighted by Crippen LogP contribution is 2.30. The molecular weight excluding hydrogens is 378 g/mol. The Balaban J connectivity index is 1.67. The van der Waals surface area contributed by atoms with Crippen molar-refractivity contribution >= 4 is 39.6 Å². The molecule has 3 rings (SSSR count). The Hall–Kier alpha value is -3.34. The Morgan fingerprint density at radius 3 is 2.59 bits per heavy atom. The monoisotopic (exact) mass is 391 g/mol. The van der Waals surface area contributed by atoms with Crippen molar-refractivity contribution in [2.45, 2.75) is 12.8 Å². The molecule has 0 saturated carbocycles. The Kier molecular flexibility index (Phi) is 5.12. The van der Waals surface area contributed by atoms with Crippen molar-refractivity contribution in [2.24, 2.45) is 0 Å². The second kappa shape index (κ2) is 7.50. The number of nitrogens with zero attached hydrogens (tertiary/aromatic N) is 3. The predicted octanol–water partition coefficient (Wildman–Crippen LogP) is 2.70. The van der Waals surface area contributed by atoms with E-state index in [2.05, 4.69) is 0 Å². The van der Waals surface area contributed by atoms with Gasteiger partial charge in [0, 0.05) is 30.4 Å². The van der Waals surface area contributed by atoms with Crippen molar-refractivity contribution in [3.63, 3.8) is 0 Å². The van der Waals surface area contributed by atoms with Crippen LogP contribution in [0.15, 0.2) is 30.3 Å². The first-order valence-electron chi connectivity index (χ1n) is 7.86. The molecule has 1 aromatic carbocycles. The fourth-order valence-corrected chi connectivity index (χ4v) is 3.48. The summed E-state index contributed by atoms with van der Waals surface area (Å²) in [6.07, 6.45) is 1.24. The highest BCUT2D eigenvalue weighted by Gasteiger charge is 2.26. The van der Waals surface area contributed by atoms with E-state index in [0.29, 0.717) is 42.0 Å². The predicted molar refractivity (Wildman–Crippen MR) is 95.0 cm³/mol. The number of anilines is 1. The molecule has 0 spiro atoms. The summed E-state index contributed by atoms with van der Waals surface area (Å²) in [6, 6.07) is 6.73. The molecule has 1 amide bonds. The number of aryl methyl sites for hydroxylation is 1. The lowest BCUT2D eigenvalue weighted by atomic mass is 10.0. The molecule has 1 aromatic heterocycles. The van der Waals surface area contributed by atoms with Crippen molar-refractivity contribution in [1.82, 2.24) is 0 Å². The first-order chi connectivity index (χ1) is 12.9. The maximum atomic E-state index is 12.4. The van der Waals surface area contributed by atoms with Gasteiger partial charge in [-0.05, 0) is 30.5 Å². The van der Waals surface area contributed by atoms with Crippen molar-refractivity contribution in [3.8, 4) is 0 Å². The van der Waals surface area contributed by atoms with E-state index in [1.807, 2.05) is 0 Å². The van der Waals surface area contributed by atoms with Gasteiger partial charge < -0.3 is 9.64 Å². The van der Waals surface area contributed by atoms with Crippen LogP contribution in [0.3, 0.4) is 0 Å². The van der Waals surface area contributed by atoms with Gasteiger partial charge in [0.05, 0.1) is 9.85 Å². The van der Waals surface area contributed by atoms with Gasteiger partial charge in [0.25, 0.3) is 11.6 Å². The molecule has 0 saturated heterocycles. The molecule has 2 aromatic rings. The quantitative estimate of drug-likeness (QED) is 0.434. The van der Waals surface area contributed by atoms with Gasteiger partial charge in [0.2, 0.25) is 0 Å². The number of esters is 1. The van der Waals surface area contributed by atoms with Gasteiger partial charge in [-0.3, -0.25) is 25.0 Å². The van der Waals surface area contributed by atoms with Crippen LogP contribution in [0.4, 0.5) is 16.4 Å². The summed E-state index contributed by atoms with van der Waals surface area (Å²) >= 11 is 0.667. The van der Waals surface area contributed by atoms with Gasteiger partial charge in [0.1, 0.15) is 4.88 Å². The molecule has 0 fully saturated rings.